The Hall–Kier alpha value is -0.380. The van der Waals surface area contributed by atoms with Crippen LogP contribution in [0.3, 0.4) is 0 Å². The topological polar surface area (TPSA) is 21.3 Å². The van der Waals surface area contributed by atoms with E-state index in [1.807, 2.05) is 11.3 Å². The van der Waals surface area contributed by atoms with Crippen molar-refractivity contribution >= 4 is 11.3 Å². The summed E-state index contributed by atoms with van der Waals surface area (Å²) in [6, 6.07) is 5.07. The lowest BCUT2D eigenvalue weighted by molar-refractivity contribution is 0.134. The third-order valence-corrected chi connectivity index (χ3v) is 4.51. The minimum Gasteiger partial charge on any atom is -0.381 e. The average molecular weight is 267 g/mol. The summed E-state index contributed by atoms with van der Waals surface area (Å²) in [7, 11) is 0. The maximum Gasteiger partial charge on any atom is 0.0514 e. The van der Waals surface area contributed by atoms with E-state index in [4.69, 9.17) is 4.74 Å². The maximum absolute atomic E-state index is 5.66. The standard InChI is InChI=1S/C15H25NOS/c1-2-6-14(7-3-1)16-10-5-11-17-12-9-15-8-4-13-18-15/h4,8,13-14,16H,1-3,5-7,9-12H2. The van der Waals surface area contributed by atoms with Crippen molar-refractivity contribution in [3.63, 3.8) is 0 Å². The van der Waals surface area contributed by atoms with E-state index in [-0.39, 0.29) is 0 Å². The molecule has 1 aromatic rings. The maximum atomic E-state index is 5.66. The van der Waals surface area contributed by atoms with E-state index in [0.29, 0.717) is 0 Å². The van der Waals surface area contributed by atoms with Crippen LogP contribution >= 0.6 is 11.3 Å². The van der Waals surface area contributed by atoms with Gasteiger partial charge in [0.25, 0.3) is 0 Å². The lowest BCUT2D eigenvalue weighted by Gasteiger charge is -2.22. The SMILES string of the molecule is c1csc(CCOCCCNC2CCCCC2)c1. The zero-order chi connectivity index (χ0) is 12.5. The summed E-state index contributed by atoms with van der Waals surface area (Å²) in [5.41, 5.74) is 0. The van der Waals surface area contributed by atoms with Crippen molar-refractivity contribution in [2.24, 2.45) is 0 Å². The Labute approximate surface area is 115 Å². The van der Waals surface area contributed by atoms with Crippen LogP contribution in [0.2, 0.25) is 0 Å². The van der Waals surface area contributed by atoms with E-state index in [1.54, 1.807) is 0 Å². The average Bonchev–Trinajstić information content (AvgIpc) is 2.92. The summed E-state index contributed by atoms with van der Waals surface area (Å²) in [5, 5.41) is 5.78. The minimum atomic E-state index is 0.782. The molecule has 0 aromatic carbocycles. The molecule has 1 aliphatic rings. The second-order valence-corrected chi connectivity index (χ2v) is 6.12. The number of hydrogen-bond donors (Lipinski definition) is 1. The van der Waals surface area contributed by atoms with Gasteiger partial charge in [-0.1, -0.05) is 25.3 Å². The van der Waals surface area contributed by atoms with Gasteiger partial charge in [-0.3, -0.25) is 0 Å². The number of rotatable bonds is 8. The molecule has 3 heteroatoms. The summed E-state index contributed by atoms with van der Waals surface area (Å²) in [5.74, 6) is 0. The molecule has 0 spiro atoms. The van der Waals surface area contributed by atoms with E-state index in [1.165, 1.54) is 37.0 Å². The molecule has 0 aliphatic heterocycles. The highest BCUT2D eigenvalue weighted by Gasteiger charge is 2.11. The first-order chi connectivity index (χ1) is 8.95. The normalized spacial score (nSPS) is 17.1. The molecule has 1 aromatic heterocycles. The number of ether oxygens (including phenoxy) is 1. The van der Waals surface area contributed by atoms with Gasteiger partial charge in [0.2, 0.25) is 0 Å². The van der Waals surface area contributed by atoms with Gasteiger partial charge in [-0.15, -0.1) is 11.3 Å². The Bertz CT molecular complexity index is 293. The third-order valence-electron chi connectivity index (χ3n) is 3.58. The smallest absolute Gasteiger partial charge is 0.0514 e. The first-order valence-corrected chi connectivity index (χ1v) is 8.16. The zero-order valence-electron chi connectivity index (χ0n) is 11.2. The summed E-state index contributed by atoms with van der Waals surface area (Å²) < 4.78 is 5.66. The van der Waals surface area contributed by atoms with Crippen LogP contribution in [-0.2, 0) is 11.2 Å². The van der Waals surface area contributed by atoms with E-state index >= 15 is 0 Å². The van der Waals surface area contributed by atoms with E-state index in [9.17, 15) is 0 Å². The Kier molecular flexibility index (Phi) is 6.77. The van der Waals surface area contributed by atoms with Crippen LogP contribution < -0.4 is 5.32 Å². The fourth-order valence-electron chi connectivity index (χ4n) is 2.52. The monoisotopic (exact) mass is 267 g/mol. The minimum absolute atomic E-state index is 0.782. The van der Waals surface area contributed by atoms with E-state index < -0.39 is 0 Å². The number of hydrogen-bond acceptors (Lipinski definition) is 3. The summed E-state index contributed by atoms with van der Waals surface area (Å²) in [4.78, 5) is 1.43. The van der Waals surface area contributed by atoms with Crippen molar-refractivity contribution in [2.75, 3.05) is 19.8 Å². The quantitative estimate of drug-likeness (QED) is 0.726. The van der Waals surface area contributed by atoms with Crippen molar-refractivity contribution in [3.05, 3.63) is 22.4 Å². The molecule has 1 saturated carbocycles. The molecule has 18 heavy (non-hydrogen) atoms. The summed E-state index contributed by atoms with van der Waals surface area (Å²) in [6.45, 7) is 2.87. The van der Waals surface area contributed by atoms with Crippen molar-refractivity contribution in [3.8, 4) is 0 Å². The van der Waals surface area contributed by atoms with Crippen LogP contribution in [0.4, 0.5) is 0 Å². The third kappa shape index (κ3) is 5.51. The predicted octanol–water partition coefficient (Wildman–Crippen LogP) is 3.62. The molecule has 0 bridgehead atoms. The van der Waals surface area contributed by atoms with Crippen LogP contribution in [0.1, 0.15) is 43.4 Å². The second kappa shape index (κ2) is 8.68. The highest BCUT2D eigenvalue weighted by Crippen LogP contribution is 2.17. The van der Waals surface area contributed by atoms with Gasteiger partial charge in [-0.25, -0.2) is 0 Å². The van der Waals surface area contributed by atoms with Crippen LogP contribution in [0.15, 0.2) is 17.5 Å². The van der Waals surface area contributed by atoms with Crippen molar-refractivity contribution in [2.45, 2.75) is 51.0 Å². The lowest BCUT2D eigenvalue weighted by Crippen LogP contribution is -2.32. The molecule has 0 amide bonds. The van der Waals surface area contributed by atoms with Gasteiger partial charge < -0.3 is 10.1 Å². The van der Waals surface area contributed by atoms with Crippen LogP contribution in [0.5, 0.6) is 0 Å². The molecule has 2 rings (SSSR count). The van der Waals surface area contributed by atoms with Crippen LogP contribution in [-0.4, -0.2) is 25.8 Å². The summed E-state index contributed by atoms with van der Waals surface area (Å²) >= 11 is 1.82. The van der Waals surface area contributed by atoms with Gasteiger partial charge in [0, 0.05) is 23.9 Å². The fraction of sp³-hybridized carbons (Fsp3) is 0.733. The Morgan fingerprint density at radius 1 is 1.22 bits per heavy atom. The first kappa shape index (κ1) is 14.0. The van der Waals surface area contributed by atoms with E-state index in [2.05, 4.69) is 22.8 Å². The molecular formula is C15H25NOS. The van der Waals surface area contributed by atoms with Gasteiger partial charge in [0.15, 0.2) is 0 Å². The van der Waals surface area contributed by atoms with Gasteiger partial charge >= 0.3 is 0 Å². The Morgan fingerprint density at radius 2 is 2.11 bits per heavy atom. The number of thiophene rings is 1. The second-order valence-electron chi connectivity index (χ2n) is 5.08. The molecule has 0 radical (unpaired) electrons. The fourth-order valence-corrected chi connectivity index (χ4v) is 3.21. The van der Waals surface area contributed by atoms with E-state index in [0.717, 1.165) is 38.6 Å². The molecule has 1 N–H and O–H groups in total. The molecule has 1 heterocycles. The van der Waals surface area contributed by atoms with Crippen molar-refractivity contribution < 1.29 is 4.74 Å². The molecule has 0 unspecified atom stereocenters. The van der Waals surface area contributed by atoms with Crippen LogP contribution in [0.25, 0.3) is 0 Å². The molecular weight excluding hydrogens is 242 g/mol. The Balaban J connectivity index is 1.39. The highest BCUT2D eigenvalue weighted by atomic mass is 32.1. The highest BCUT2D eigenvalue weighted by molar-refractivity contribution is 7.09. The predicted molar refractivity (Wildman–Crippen MR) is 78.3 cm³/mol. The largest absolute Gasteiger partial charge is 0.381 e. The van der Waals surface area contributed by atoms with Gasteiger partial charge in [-0.05, 0) is 37.3 Å². The van der Waals surface area contributed by atoms with Crippen molar-refractivity contribution in [1.29, 1.82) is 0 Å². The molecule has 2 nitrogen and oxygen atoms in total. The zero-order valence-corrected chi connectivity index (χ0v) is 12.0. The molecule has 1 aliphatic carbocycles. The van der Waals surface area contributed by atoms with Gasteiger partial charge in [0.05, 0.1) is 6.61 Å². The first-order valence-electron chi connectivity index (χ1n) is 7.28. The molecule has 102 valence electrons. The number of nitrogens with one attached hydrogen (secondary N) is 1. The Morgan fingerprint density at radius 3 is 2.89 bits per heavy atom. The van der Waals surface area contributed by atoms with Gasteiger partial charge in [-0.2, -0.15) is 0 Å². The van der Waals surface area contributed by atoms with Crippen molar-refractivity contribution in [1.82, 2.24) is 5.32 Å². The lowest BCUT2D eigenvalue weighted by atomic mass is 9.95. The molecule has 0 saturated heterocycles. The molecule has 1 fully saturated rings. The molecule has 0 atom stereocenters. The summed E-state index contributed by atoms with van der Waals surface area (Å²) in [6.07, 6.45) is 9.21. The van der Waals surface area contributed by atoms with Crippen LogP contribution in [0, 0.1) is 0 Å². The van der Waals surface area contributed by atoms with Gasteiger partial charge in [0.1, 0.15) is 0 Å².